The molecule has 25 heavy (non-hydrogen) atoms. The molecule has 1 aliphatic carbocycles. The molecular formula is C18H22N2O4S. The Hall–Kier alpha value is -2.15. The minimum Gasteiger partial charge on any atom is -0.478 e. The first-order valence-corrected chi connectivity index (χ1v) is 9.39. The number of hydrogen-bond donors (Lipinski definition) is 1. The number of hydrogen-bond acceptors (Lipinski definition) is 5. The van der Waals surface area contributed by atoms with E-state index in [4.69, 9.17) is 4.42 Å². The molecule has 6 nitrogen and oxygen atoms in total. The molecular weight excluding hydrogens is 340 g/mol. The molecule has 1 unspecified atom stereocenters. The Labute approximate surface area is 150 Å². The van der Waals surface area contributed by atoms with Crippen LogP contribution in [-0.2, 0) is 19.3 Å². The third-order valence-electron chi connectivity index (χ3n) is 4.63. The van der Waals surface area contributed by atoms with Crippen molar-refractivity contribution >= 4 is 23.2 Å². The van der Waals surface area contributed by atoms with Crippen LogP contribution in [-0.4, -0.2) is 33.9 Å². The van der Waals surface area contributed by atoms with Crippen molar-refractivity contribution in [3.05, 3.63) is 38.7 Å². The van der Waals surface area contributed by atoms with Crippen molar-refractivity contribution in [2.75, 3.05) is 7.05 Å². The van der Waals surface area contributed by atoms with Crippen LogP contribution in [0.2, 0.25) is 0 Å². The molecule has 0 fully saturated rings. The Morgan fingerprint density at radius 2 is 2.16 bits per heavy atom. The molecule has 134 valence electrons. The Morgan fingerprint density at radius 1 is 1.40 bits per heavy atom. The lowest BCUT2D eigenvalue weighted by molar-refractivity contribution is 0.0677. The van der Waals surface area contributed by atoms with Crippen molar-refractivity contribution in [2.45, 2.75) is 52.0 Å². The lowest BCUT2D eigenvalue weighted by Crippen LogP contribution is -2.32. The number of nitrogens with zero attached hydrogens (tertiary/aromatic N) is 2. The van der Waals surface area contributed by atoms with Crippen LogP contribution in [0.4, 0.5) is 0 Å². The summed E-state index contributed by atoms with van der Waals surface area (Å²) in [6, 6.07) is 1.31. The number of furan rings is 1. The molecule has 2 heterocycles. The molecule has 0 radical (unpaired) electrons. The van der Waals surface area contributed by atoms with E-state index in [2.05, 4.69) is 11.9 Å². The first kappa shape index (κ1) is 17.7. The fourth-order valence-electron chi connectivity index (χ4n) is 3.26. The van der Waals surface area contributed by atoms with Gasteiger partial charge in [0.1, 0.15) is 11.3 Å². The van der Waals surface area contributed by atoms with Gasteiger partial charge < -0.3 is 14.4 Å². The summed E-state index contributed by atoms with van der Waals surface area (Å²) < 4.78 is 5.53. The highest BCUT2D eigenvalue weighted by atomic mass is 32.1. The zero-order valence-corrected chi connectivity index (χ0v) is 15.5. The molecule has 3 rings (SSSR count). The van der Waals surface area contributed by atoms with Crippen molar-refractivity contribution < 1.29 is 19.1 Å². The normalized spacial score (nSPS) is 16.5. The van der Waals surface area contributed by atoms with Gasteiger partial charge in [-0.25, -0.2) is 9.78 Å². The summed E-state index contributed by atoms with van der Waals surface area (Å²) in [5.41, 5.74) is 1.16. The third kappa shape index (κ3) is 3.20. The maximum absolute atomic E-state index is 12.9. The smallest absolute Gasteiger partial charge is 0.339 e. The first-order valence-electron chi connectivity index (χ1n) is 8.57. The predicted octanol–water partition coefficient (Wildman–Crippen LogP) is 3.71. The van der Waals surface area contributed by atoms with Crippen molar-refractivity contribution in [1.29, 1.82) is 0 Å². The van der Waals surface area contributed by atoms with Gasteiger partial charge in [0, 0.05) is 19.5 Å². The summed E-state index contributed by atoms with van der Waals surface area (Å²) in [5, 5.41) is 10.3. The number of carbonyl (C=O) groups is 2. The van der Waals surface area contributed by atoms with Gasteiger partial charge in [0.15, 0.2) is 5.76 Å². The van der Waals surface area contributed by atoms with Crippen LogP contribution in [0.3, 0.4) is 0 Å². The van der Waals surface area contributed by atoms with Gasteiger partial charge in [0.05, 0.1) is 21.6 Å². The largest absolute Gasteiger partial charge is 0.478 e. The zero-order valence-electron chi connectivity index (χ0n) is 14.7. The number of amides is 1. The number of aryl methyl sites for hydroxylation is 3. The van der Waals surface area contributed by atoms with Gasteiger partial charge >= 0.3 is 5.97 Å². The van der Waals surface area contributed by atoms with E-state index in [0.717, 1.165) is 41.3 Å². The summed E-state index contributed by atoms with van der Waals surface area (Å²) in [4.78, 5) is 31.6. The van der Waals surface area contributed by atoms with Crippen LogP contribution in [0.15, 0.2) is 10.5 Å². The van der Waals surface area contributed by atoms with E-state index in [1.165, 1.54) is 6.07 Å². The minimum absolute atomic E-state index is 0.0301. The van der Waals surface area contributed by atoms with E-state index in [-0.39, 0.29) is 23.3 Å². The molecule has 2 aromatic rings. The number of rotatable bonds is 5. The van der Waals surface area contributed by atoms with Gasteiger partial charge in [-0.2, -0.15) is 0 Å². The molecule has 7 heteroatoms. The third-order valence-corrected chi connectivity index (χ3v) is 5.97. The number of thiazole rings is 1. The van der Waals surface area contributed by atoms with Gasteiger partial charge in [0.2, 0.25) is 0 Å². The van der Waals surface area contributed by atoms with Crippen molar-refractivity contribution in [3.63, 3.8) is 0 Å². The molecule has 0 saturated heterocycles. The second-order valence-electron chi connectivity index (χ2n) is 6.20. The molecule has 0 spiro atoms. The van der Waals surface area contributed by atoms with Gasteiger partial charge in [-0.05, 0) is 25.7 Å². The fraction of sp³-hybridized carbons (Fsp3) is 0.500. The van der Waals surface area contributed by atoms with Crippen LogP contribution >= 0.6 is 11.3 Å². The number of aromatic nitrogens is 1. The summed E-state index contributed by atoms with van der Waals surface area (Å²) in [5.74, 6) is -0.937. The molecule has 2 aromatic heterocycles. The van der Waals surface area contributed by atoms with Crippen LogP contribution in [0, 0.1) is 0 Å². The van der Waals surface area contributed by atoms with Crippen LogP contribution in [0.5, 0.6) is 0 Å². The first-order chi connectivity index (χ1) is 12.0. The van der Waals surface area contributed by atoms with Gasteiger partial charge in [0.25, 0.3) is 5.91 Å². The Balaban J connectivity index is 1.89. The fourth-order valence-corrected chi connectivity index (χ4v) is 4.49. The van der Waals surface area contributed by atoms with E-state index >= 15 is 0 Å². The van der Waals surface area contributed by atoms with E-state index in [0.29, 0.717) is 12.2 Å². The topological polar surface area (TPSA) is 83.6 Å². The average Bonchev–Trinajstić information content (AvgIpc) is 3.23. The van der Waals surface area contributed by atoms with E-state index in [1.807, 2.05) is 0 Å². The highest BCUT2D eigenvalue weighted by molar-refractivity contribution is 7.11. The van der Waals surface area contributed by atoms with E-state index < -0.39 is 5.97 Å². The molecule has 1 N–H and O–H groups in total. The second-order valence-corrected chi connectivity index (χ2v) is 7.32. The zero-order chi connectivity index (χ0) is 18.1. The molecule has 0 aliphatic heterocycles. The van der Waals surface area contributed by atoms with Gasteiger partial charge in [-0.1, -0.05) is 13.8 Å². The van der Waals surface area contributed by atoms with Crippen LogP contribution in [0.25, 0.3) is 0 Å². The lowest BCUT2D eigenvalue weighted by atomic mass is 9.97. The molecule has 1 atom stereocenters. The van der Waals surface area contributed by atoms with Gasteiger partial charge in [-0.3, -0.25) is 4.79 Å². The second kappa shape index (κ2) is 7.00. The van der Waals surface area contributed by atoms with E-state index in [9.17, 15) is 14.7 Å². The van der Waals surface area contributed by atoms with Gasteiger partial charge in [-0.15, -0.1) is 11.3 Å². The molecule has 0 bridgehead atoms. The predicted molar refractivity (Wildman–Crippen MR) is 94.3 cm³/mol. The highest BCUT2D eigenvalue weighted by Crippen LogP contribution is 2.38. The van der Waals surface area contributed by atoms with Crippen molar-refractivity contribution in [3.8, 4) is 0 Å². The van der Waals surface area contributed by atoms with Crippen molar-refractivity contribution in [2.24, 2.45) is 0 Å². The Kier molecular flexibility index (Phi) is 4.94. The molecule has 1 aliphatic rings. The van der Waals surface area contributed by atoms with Crippen LogP contribution in [0.1, 0.15) is 75.0 Å². The number of fused-ring (bicyclic) bond motifs is 1. The Bertz CT molecular complexity index is 808. The SMILES string of the molecule is CCc1nc2c(s1)C(N(C)C(=O)c1cc(C(=O)O)c(CC)o1)CCC2. The summed E-state index contributed by atoms with van der Waals surface area (Å²) >= 11 is 1.67. The minimum atomic E-state index is -1.07. The standard InChI is InChI=1S/C18H22N2O4S/c1-4-13-10(18(22)23)9-14(24-13)17(21)20(3)12-8-6-7-11-16(12)25-15(5-2)19-11/h9,12H,4-8H2,1-3H3,(H,22,23). The van der Waals surface area contributed by atoms with Crippen molar-refractivity contribution in [1.82, 2.24) is 9.88 Å². The quantitative estimate of drug-likeness (QED) is 0.876. The molecule has 0 saturated carbocycles. The number of aromatic carboxylic acids is 1. The maximum Gasteiger partial charge on any atom is 0.339 e. The monoisotopic (exact) mass is 362 g/mol. The summed E-state index contributed by atoms with van der Waals surface area (Å²) in [7, 11) is 1.75. The maximum atomic E-state index is 12.9. The van der Waals surface area contributed by atoms with Crippen LogP contribution < -0.4 is 0 Å². The summed E-state index contributed by atoms with van der Waals surface area (Å²) in [6.45, 7) is 3.89. The molecule has 0 aromatic carbocycles. The Morgan fingerprint density at radius 3 is 2.76 bits per heavy atom. The average molecular weight is 362 g/mol. The number of carboxylic acids is 1. The highest BCUT2D eigenvalue weighted by Gasteiger charge is 2.32. The number of carbonyl (C=O) groups excluding carboxylic acids is 1. The number of carboxylic acid groups (broad SMARTS) is 1. The van der Waals surface area contributed by atoms with E-state index in [1.54, 1.807) is 30.2 Å². The summed E-state index contributed by atoms with van der Waals surface area (Å²) in [6.07, 6.45) is 4.14. The lowest BCUT2D eigenvalue weighted by Gasteiger charge is -2.30. The molecule has 1 amide bonds.